The van der Waals surface area contributed by atoms with Crippen molar-refractivity contribution < 1.29 is 4.79 Å². The topological polar surface area (TPSA) is 57.3 Å². The number of fused-ring (bicyclic) bond motifs is 2. The molecule has 3 aromatic carbocycles. The van der Waals surface area contributed by atoms with Crippen molar-refractivity contribution in [2.75, 3.05) is 6.54 Å². The van der Waals surface area contributed by atoms with Crippen LogP contribution in [0.1, 0.15) is 28.7 Å². The summed E-state index contributed by atoms with van der Waals surface area (Å²) in [5.74, 6) is 0.115. The first-order chi connectivity index (χ1) is 17.7. The molecule has 182 valence electrons. The highest BCUT2D eigenvalue weighted by Crippen LogP contribution is 2.31. The predicted molar refractivity (Wildman–Crippen MR) is 143 cm³/mol. The Morgan fingerprint density at radius 2 is 1.67 bits per heavy atom. The van der Waals surface area contributed by atoms with Gasteiger partial charge in [0.2, 0.25) is 5.91 Å². The Kier molecular flexibility index (Phi) is 6.50. The minimum atomic E-state index is -0.133. The number of benzene rings is 3. The van der Waals surface area contributed by atoms with Crippen LogP contribution >= 0.6 is 0 Å². The fraction of sp³-hybridized carbons (Fsp3) is 0.290. The summed E-state index contributed by atoms with van der Waals surface area (Å²) < 4.78 is 0. The Bertz CT molecular complexity index is 1320. The van der Waals surface area contributed by atoms with Gasteiger partial charge in [-0.3, -0.25) is 14.7 Å². The van der Waals surface area contributed by atoms with E-state index >= 15 is 0 Å². The Labute approximate surface area is 212 Å². The van der Waals surface area contributed by atoms with Crippen LogP contribution in [0.25, 0.3) is 10.8 Å². The first-order valence-corrected chi connectivity index (χ1v) is 12.9. The Balaban J connectivity index is 1.17. The van der Waals surface area contributed by atoms with E-state index in [4.69, 9.17) is 0 Å². The van der Waals surface area contributed by atoms with Crippen molar-refractivity contribution in [3.05, 3.63) is 114 Å². The molecule has 2 aliphatic rings. The van der Waals surface area contributed by atoms with E-state index in [2.05, 4.69) is 87.2 Å². The second kappa shape index (κ2) is 10.2. The number of nitrogens with one attached hydrogen (secondary N) is 2. The van der Waals surface area contributed by atoms with Crippen molar-refractivity contribution >= 4 is 16.7 Å². The van der Waals surface area contributed by atoms with Crippen molar-refractivity contribution in [2.24, 2.45) is 0 Å². The van der Waals surface area contributed by atoms with Crippen LogP contribution in [-0.4, -0.2) is 40.5 Å². The standard InChI is InChI=1S/C31H32N4O/c36-31(34-19-22-7-6-14-32-18-22)30-17-27(21-35(30)28-15-24-9-1-2-10-25(24)16-28)33-20-26-12-5-11-23-8-3-4-13-29(23)26/h1-14,18,27-28,30,33H,15-17,19-21H2,(H,34,36)/t27-,30-/m0/s1. The Morgan fingerprint density at radius 3 is 2.47 bits per heavy atom. The number of pyridine rings is 1. The number of carbonyl (C=O) groups excluding carboxylic acids is 1. The number of carbonyl (C=O) groups is 1. The highest BCUT2D eigenvalue weighted by atomic mass is 16.2. The number of hydrogen-bond acceptors (Lipinski definition) is 4. The molecule has 1 aromatic heterocycles. The average molecular weight is 477 g/mol. The van der Waals surface area contributed by atoms with E-state index in [1.165, 1.54) is 27.5 Å². The van der Waals surface area contributed by atoms with Crippen LogP contribution in [0.5, 0.6) is 0 Å². The molecule has 0 bridgehead atoms. The molecule has 0 unspecified atom stereocenters. The van der Waals surface area contributed by atoms with Crippen molar-refractivity contribution in [1.29, 1.82) is 0 Å². The maximum Gasteiger partial charge on any atom is 0.237 e. The minimum Gasteiger partial charge on any atom is -0.351 e. The van der Waals surface area contributed by atoms with Crippen LogP contribution in [0.2, 0.25) is 0 Å². The fourth-order valence-corrected chi connectivity index (χ4v) is 5.95. The third-order valence-corrected chi connectivity index (χ3v) is 7.79. The zero-order valence-electron chi connectivity index (χ0n) is 20.4. The first kappa shape index (κ1) is 22.9. The normalized spacial score (nSPS) is 20.0. The van der Waals surface area contributed by atoms with Gasteiger partial charge in [-0.05, 0) is 58.4 Å². The molecule has 1 fully saturated rings. The SMILES string of the molecule is O=C(NCc1cccnc1)[C@@H]1C[C@H](NCc2cccc3ccccc23)CN1C1Cc2ccccc2C1. The zero-order valence-corrected chi connectivity index (χ0v) is 20.4. The summed E-state index contributed by atoms with van der Waals surface area (Å²) in [6.45, 7) is 2.19. The van der Waals surface area contributed by atoms with Crippen molar-refractivity contribution in [3.63, 3.8) is 0 Å². The zero-order chi connectivity index (χ0) is 24.3. The molecule has 5 nitrogen and oxygen atoms in total. The molecule has 36 heavy (non-hydrogen) atoms. The summed E-state index contributed by atoms with van der Waals surface area (Å²) in [7, 11) is 0. The second-order valence-electron chi connectivity index (χ2n) is 10.1. The maximum absolute atomic E-state index is 13.5. The predicted octanol–water partition coefficient (Wildman–Crippen LogP) is 4.25. The summed E-state index contributed by atoms with van der Waals surface area (Å²) in [6.07, 6.45) is 6.41. The van der Waals surface area contributed by atoms with Gasteiger partial charge in [-0.1, -0.05) is 72.8 Å². The summed E-state index contributed by atoms with van der Waals surface area (Å²) in [4.78, 5) is 20.1. The molecular weight excluding hydrogens is 444 g/mol. The van der Waals surface area contributed by atoms with E-state index < -0.39 is 0 Å². The third kappa shape index (κ3) is 4.77. The van der Waals surface area contributed by atoms with Crippen LogP contribution < -0.4 is 10.6 Å². The lowest BCUT2D eigenvalue weighted by Gasteiger charge is -2.29. The minimum absolute atomic E-state index is 0.115. The van der Waals surface area contributed by atoms with E-state index in [1.54, 1.807) is 6.20 Å². The number of likely N-dealkylation sites (tertiary alicyclic amines) is 1. The summed E-state index contributed by atoms with van der Waals surface area (Å²) in [5.41, 5.74) is 5.17. The van der Waals surface area contributed by atoms with Crippen molar-refractivity contribution in [3.8, 4) is 0 Å². The molecular formula is C31H32N4O. The van der Waals surface area contributed by atoms with Gasteiger partial charge in [0.15, 0.2) is 0 Å². The van der Waals surface area contributed by atoms with Gasteiger partial charge in [0.05, 0.1) is 6.04 Å². The molecule has 0 saturated carbocycles. The molecule has 4 aromatic rings. The van der Waals surface area contributed by atoms with Gasteiger partial charge in [-0.2, -0.15) is 0 Å². The number of hydrogen-bond donors (Lipinski definition) is 2. The Hall–Kier alpha value is -3.54. The second-order valence-corrected chi connectivity index (χ2v) is 10.1. The first-order valence-electron chi connectivity index (χ1n) is 12.9. The van der Waals surface area contributed by atoms with Crippen LogP contribution in [0.3, 0.4) is 0 Å². The van der Waals surface area contributed by atoms with Gasteiger partial charge in [-0.15, -0.1) is 0 Å². The number of amides is 1. The van der Waals surface area contributed by atoms with Gasteiger partial charge in [0.25, 0.3) is 0 Å². The number of aromatic nitrogens is 1. The Morgan fingerprint density at radius 1 is 0.889 bits per heavy atom. The average Bonchev–Trinajstić information content (AvgIpc) is 3.55. The van der Waals surface area contributed by atoms with Crippen LogP contribution in [-0.2, 0) is 30.7 Å². The summed E-state index contributed by atoms with van der Waals surface area (Å²) in [5, 5.41) is 9.53. The molecule has 6 rings (SSSR count). The quantitative estimate of drug-likeness (QED) is 0.419. The fourth-order valence-electron chi connectivity index (χ4n) is 5.95. The molecule has 0 spiro atoms. The molecule has 1 aliphatic carbocycles. The molecule has 2 N–H and O–H groups in total. The van der Waals surface area contributed by atoms with Crippen molar-refractivity contribution in [2.45, 2.75) is 50.5 Å². The van der Waals surface area contributed by atoms with Crippen LogP contribution in [0.15, 0.2) is 91.3 Å². The highest BCUT2D eigenvalue weighted by molar-refractivity contribution is 5.85. The largest absolute Gasteiger partial charge is 0.351 e. The van der Waals surface area contributed by atoms with Gasteiger partial charge in [-0.25, -0.2) is 0 Å². The summed E-state index contributed by atoms with van der Waals surface area (Å²) in [6, 6.07) is 28.2. The monoisotopic (exact) mass is 476 g/mol. The van der Waals surface area contributed by atoms with E-state index in [9.17, 15) is 4.79 Å². The van der Waals surface area contributed by atoms with E-state index in [-0.39, 0.29) is 18.0 Å². The van der Waals surface area contributed by atoms with Gasteiger partial charge < -0.3 is 10.6 Å². The van der Waals surface area contributed by atoms with Crippen LogP contribution in [0, 0.1) is 0 Å². The van der Waals surface area contributed by atoms with E-state index in [0.717, 1.165) is 37.9 Å². The van der Waals surface area contributed by atoms with Crippen molar-refractivity contribution in [1.82, 2.24) is 20.5 Å². The van der Waals surface area contributed by atoms with E-state index in [1.807, 2.05) is 18.3 Å². The van der Waals surface area contributed by atoms with Gasteiger partial charge in [0, 0.05) is 44.1 Å². The number of nitrogens with zero attached hydrogens (tertiary/aromatic N) is 2. The molecule has 2 heterocycles. The lowest BCUT2D eigenvalue weighted by atomic mass is 10.0. The molecule has 1 saturated heterocycles. The van der Waals surface area contributed by atoms with E-state index in [0.29, 0.717) is 12.6 Å². The van der Waals surface area contributed by atoms with Gasteiger partial charge >= 0.3 is 0 Å². The molecule has 1 aliphatic heterocycles. The number of rotatable bonds is 7. The molecule has 0 radical (unpaired) electrons. The third-order valence-electron chi connectivity index (χ3n) is 7.79. The molecule has 5 heteroatoms. The smallest absolute Gasteiger partial charge is 0.237 e. The maximum atomic E-state index is 13.5. The highest BCUT2D eigenvalue weighted by Gasteiger charge is 2.41. The summed E-state index contributed by atoms with van der Waals surface area (Å²) >= 11 is 0. The lowest BCUT2D eigenvalue weighted by molar-refractivity contribution is -0.126. The molecule has 1 amide bonds. The molecule has 2 atom stereocenters. The van der Waals surface area contributed by atoms with Crippen LogP contribution in [0.4, 0.5) is 0 Å². The van der Waals surface area contributed by atoms with Gasteiger partial charge in [0.1, 0.15) is 0 Å². The lowest BCUT2D eigenvalue weighted by Crippen LogP contribution is -2.48.